The van der Waals surface area contributed by atoms with Gasteiger partial charge in [0, 0.05) is 5.41 Å². The van der Waals surface area contributed by atoms with Crippen molar-refractivity contribution < 1.29 is 0 Å². The molecule has 2 rings (SSSR count). The normalized spacial score (nSPS) is 37.6. The predicted molar refractivity (Wildman–Crippen MR) is 80.4 cm³/mol. The fourth-order valence-electron chi connectivity index (χ4n) is 3.66. The molecule has 2 aliphatic rings. The SMILES string of the molecule is C=CCCC12CC1=C(C)CC[C@@](C)(C=C)C(C#N)C2. The van der Waals surface area contributed by atoms with Gasteiger partial charge in [-0.3, -0.25) is 0 Å². The first kappa shape index (κ1) is 14.1. The maximum atomic E-state index is 9.58. The van der Waals surface area contributed by atoms with Crippen LogP contribution in [0, 0.1) is 28.1 Å². The van der Waals surface area contributed by atoms with Gasteiger partial charge in [-0.1, -0.05) is 30.2 Å². The van der Waals surface area contributed by atoms with Crippen molar-refractivity contribution in [3.8, 4) is 6.07 Å². The maximum Gasteiger partial charge on any atom is 0.0665 e. The van der Waals surface area contributed by atoms with Crippen LogP contribution in [0.15, 0.2) is 36.5 Å². The summed E-state index contributed by atoms with van der Waals surface area (Å²) in [5.74, 6) is 0.0976. The lowest BCUT2D eigenvalue weighted by atomic mass is 9.67. The first-order chi connectivity index (χ1) is 9.01. The number of fused-ring (bicyclic) bond motifs is 1. The minimum Gasteiger partial charge on any atom is -0.198 e. The highest BCUT2D eigenvalue weighted by atomic mass is 14.6. The second-order valence-corrected chi connectivity index (χ2v) is 6.64. The van der Waals surface area contributed by atoms with Gasteiger partial charge in [-0.25, -0.2) is 0 Å². The number of allylic oxidation sites excluding steroid dienone is 4. The van der Waals surface area contributed by atoms with E-state index in [4.69, 9.17) is 0 Å². The van der Waals surface area contributed by atoms with Crippen molar-refractivity contribution in [1.29, 1.82) is 5.26 Å². The lowest BCUT2D eigenvalue weighted by Crippen LogP contribution is -2.28. The number of rotatable bonds is 4. The fourth-order valence-corrected chi connectivity index (χ4v) is 3.66. The smallest absolute Gasteiger partial charge is 0.0665 e. The van der Waals surface area contributed by atoms with Crippen LogP contribution in [0.1, 0.15) is 52.4 Å². The van der Waals surface area contributed by atoms with E-state index in [0.717, 1.165) is 32.1 Å². The van der Waals surface area contributed by atoms with E-state index >= 15 is 0 Å². The van der Waals surface area contributed by atoms with Crippen LogP contribution < -0.4 is 0 Å². The summed E-state index contributed by atoms with van der Waals surface area (Å²) in [4.78, 5) is 0. The zero-order chi connectivity index (χ0) is 14.1. The van der Waals surface area contributed by atoms with E-state index in [9.17, 15) is 5.26 Å². The van der Waals surface area contributed by atoms with Crippen LogP contribution in [-0.2, 0) is 0 Å². The summed E-state index contributed by atoms with van der Waals surface area (Å²) >= 11 is 0. The molecule has 0 aromatic heterocycles. The Labute approximate surface area is 117 Å². The van der Waals surface area contributed by atoms with Gasteiger partial charge in [0.05, 0.1) is 12.0 Å². The first-order valence-corrected chi connectivity index (χ1v) is 7.34. The van der Waals surface area contributed by atoms with Crippen LogP contribution in [0.25, 0.3) is 0 Å². The average Bonchev–Trinajstić information content (AvgIpc) is 3.13. The van der Waals surface area contributed by atoms with E-state index < -0.39 is 0 Å². The van der Waals surface area contributed by atoms with E-state index in [-0.39, 0.29) is 11.3 Å². The summed E-state index contributed by atoms with van der Waals surface area (Å²) in [5.41, 5.74) is 3.48. The molecule has 0 aromatic carbocycles. The molecular formula is C18H25N. The van der Waals surface area contributed by atoms with Crippen molar-refractivity contribution in [3.05, 3.63) is 36.5 Å². The van der Waals surface area contributed by atoms with Crippen LogP contribution in [0.2, 0.25) is 0 Å². The Hall–Kier alpha value is -1.29. The van der Waals surface area contributed by atoms with Gasteiger partial charge >= 0.3 is 0 Å². The van der Waals surface area contributed by atoms with Gasteiger partial charge in [0.25, 0.3) is 0 Å². The third kappa shape index (κ3) is 2.41. The minimum atomic E-state index is -0.0364. The van der Waals surface area contributed by atoms with Crippen molar-refractivity contribution in [2.24, 2.45) is 16.7 Å². The van der Waals surface area contributed by atoms with Gasteiger partial charge in [0.15, 0.2) is 0 Å². The van der Waals surface area contributed by atoms with Crippen molar-refractivity contribution in [2.45, 2.75) is 52.4 Å². The number of nitrogens with zero attached hydrogens (tertiary/aromatic N) is 1. The van der Waals surface area contributed by atoms with E-state index in [1.54, 1.807) is 11.1 Å². The average molecular weight is 255 g/mol. The topological polar surface area (TPSA) is 23.8 Å². The lowest BCUT2D eigenvalue weighted by Gasteiger charge is -2.35. The Bertz CT molecular complexity index is 465. The summed E-state index contributed by atoms with van der Waals surface area (Å²) in [7, 11) is 0. The van der Waals surface area contributed by atoms with Crippen molar-refractivity contribution >= 4 is 0 Å². The van der Waals surface area contributed by atoms with Crippen LogP contribution in [0.5, 0.6) is 0 Å². The van der Waals surface area contributed by atoms with Gasteiger partial charge in [-0.2, -0.15) is 5.26 Å². The molecule has 1 saturated carbocycles. The Balaban J connectivity index is 2.31. The van der Waals surface area contributed by atoms with E-state index in [1.807, 2.05) is 12.2 Å². The molecule has 0 aliphatic heterocycles. The highest BCUT2D eigenvalue weighted by Crippen LogP contribution is 2.64. The molecule has 0 radical (unpaired) electrons. The quantitative estimate of drug-likeness (QED) is 0.635. The first-order valence-electron chi connectivity index (χ1n) is 7.34. The highest BCUT2D eigenvalue weighted by molar-refractivity contribution is 5.39. The Kier molecular flexibility index (Phi) is 3.72. The van der Waals surface area contributed by atoms with Gasteiger partial charge in [-0.15, -0.1) is 13.2 Å². The van der Waals surface area contributed by atoms with E-state index in [1.165, 1.54) is 6.42 Å². The Morgan fingerprint density at radius 3 is 2.79 bits per heavy atom. The molecule has 1 heteroatoms. The molecule has 19 heavy (non-hydrogen) atoms. The third-order valence-electron chi connectivity index (χ3n) is 5.42. The lowest BCUT2D eigenvalue weighted by molar-refractivity contribution is 0.230. The van der Waals surface area contributed by atoms with Crippen LogP contribution in [-0.4, -0.2) is 0 Å². The summed E-state index contributed by atoms with van der Waals surface area (Å²) < 4.78 is 0. The molecule has 0 amide bonds. The monoisotopic (exact) mass is 255 g/mol. The molecule has 2 unspecified atom stereocenters. The van der Waals surface area contributed by atoms with Crippen molar-refractivity contribution in [3.63, 3.8) is 0 Å². The Morgan fingerprint density at radius 2 is 2.21 bits per heavy atom. The molecule has 1 nitrogen and oxygen atoms in total. The molecule has 0 heterocycles. The maximum absolute atomic E-state index is 9.58. The molecule has 2 aliphatic carbocycles. The molecule has 1 fully saturated rings. The molecule has 0 aromatic rings. The summed E-state index contributed by atoms with van der Waals surface area (Å²) in [5, 5.41) is 9.58. The second kappa shape index (κ2) is 5.00. The third-order valence-corrected chi connectivity index (χ3v) is 5.42. The van der Waals surface area contributed by atoms with E-state index in [0.29, 0.717) is 5.41 Å². The van der Waals surface area contributed by atoms with Gasteiger partial charge in [-0.05, 0) is 50.9 Å². The Morgan fingerprint density at radius 1 is 1.47 bits per heavy atom. The standard InChI is InChI=1S/C18H25N/c1-5-7-9-18-11-15(13-19)17(4,6-2)10-8-14(3)16(18)12-18/h5-6,15H,1-2,7-12H2,3-4H3/t15?,17-,18?/m1/s1. The zero-order valence-corrected chi connectivity index (χ0v) is 12.3. The number of nitriles is 1. The molecule has 0 saturated heterocycles. The molecule has 102 valence electrons. The summed E-state index contributed by atoms with van der Waals surface area (Å²) in [6.07, 6.45) is 10.6. The van der Waals surface area contributed by atoms with Gasteiger partial charge in [0.2, 0.25) is 0 Å². The number of hydrogen-bond acceptors (Lipinski definition) is 1. The zero-order valence-electron chi connectivity index (χ0n) is 12.3. The molecular weight excluding hydrogens is 230 g/mol. The second-order valence-electron chi connectivity index (χ2n) is 6.64. The molecule has 0 spiro atoms. The highest BCUT2D eigenvalue weighted by Gasteiger charge is 2.53. The van der Waals surface area contributed by atoms with Gasteiger partial charge in [0.1, 0.15) is 0 Å². The molecule has 0 N–H and O–H groups in total. The minimum absolute atomic E-state index is 0.0364. The van der Waals surface area contributed by atoms with Gasteiger partial charge < -0.3 is 0 Å². The molecule has 0 bridgehead atoms. The summed E-state index contributed by atoms with van der Waals surface area (Å²) in [6, 6.07) is 2.57. The van der Waals surface area contributed by atoms with Crippen molar-refractivity contribution in [1.82, 2.24) is 0 Å². The van der Waals surface area contributed by atoms with Crippen molar-refractivity contribution in [2.75, 3.05) is 0 Å². The van der Waals surface area contributed by atoms with Crippen LogP contribution in [0.4, 0.5) is 0 Å². The number of hydrogen-bond donors (Lipinski definition) is 0. The predicted octanol–water partition coefficient (Wildman–Crippen LogP) is 5.18. The largest absolute Gasteiger partial charge is 0.198 e. The van der Waals surface area contributed by atoms with E-state index in [2.05, 4.69) is 33.1 Å². The van der Waals surface area contributed by atoms with Crippen LogP contribution in [0.3, 0.4) is 0 Å². The van der Waals surface area contributed by atoms with Crippen LogP contribution >= 0.6 is 0 Å². The molecule has 3 atom stereocenters. The summed E-state index contributed by atoms with van der Waals surface area (Å²) in [6.45, 7) is 12.3. The fraction of sp³-hybridized carbons (Fsp3) is 0.611.